The van der Waals surface area contributed by atoms with Gasteiger partial charge in [0.05, 0.1) is 0 Å². The van der Waals surface area contributed by atoms with Crippen molar-refractivity contribution in [1.82, 2.24) is 0 Å². The summed E-state index contributed by atoms with van der Waals surface area (Å²) in [6.45, 7) is 0. The smallest absolute Gasteiger partial charge is 0.406 e. The first-order valence-electron chi connectivity index (χ1n) is 6.62. The van der Waals surface area contributed by atoms with E-state index < -0.39 is 6.36 Å². The van der Waals surface area contributed by atoms with Crippen molar-refractivity contribution in [2.45, 2.75) is 19.2 Å². The summed E-state index contributed by atoms with van der Waals surface area (Å²) in [5.41, 5.74) is 1.47. The van der Waals surface area contributed by atoms with Gasteiger partial charge in [-0.3, -0.25) is 4.79 Å². The lowest BCUT2D eigenvalue weighted by Gasteiger charge is -2.10. The minimum absolute atomic E-state index is 0.201. The molecule has 0 aromatic heterocycles. The quantitative estimate of drug-likeness (QED) is 0.901. The molecule has 0 atom stereocenters. The molecule has 3 nitrogen and oxygen atoms in total. The highest BCUT2D eigenvalue weighted by molar-refractivity contribution is 5.90. The number of carbonyl (C=O) groups excluding carboxylic acids is 1. The van der Waals surface area contributed by atoms with Crippen LogP contribution in [0.3, 0.4) is 0 Å². The van der Waals surface area contributed by atoms with Gasteiger partial charge in [-0.1, -0.05) is 30.3 Å². The number of anilines is 1. The van der Waals surface area contributed by atoms with E-state index in [4.69, 9.17) is 0 Å². The van der Waals surface area contributed by atoms with Gasteiger partial charge in [-0.05, 0) is 36.2 Å². The Kier molecular flexibility index (Phi) is 5.04. The van der Waals surface area contributed by atoms with Crippen LogP contribution in [-0.4, -0.2) is 12.3 Å². The number of amides is 1. The first kappa shape index (κ1) is 15.9. The summed E-state index contributed by atoms with van der Waals surface area (Å²) in [5.74, 6) is -0.525. The third-order valence-corrected chi connectivity index (χ3v) is 2.86. The minimum Gasteiger partial charge on any atom is -0.406 e. The molecule has 2 rings (SSSR count). The van der Waals surface area contributed by atoms with Crippen LogP contribution in [0.5, 0.6) is 5.75 Å². The number of halogens is 3. The van der Waals surface area contributed by atoms with E-state index in [9.17, 15) is 18.0 Å². The number of rotatable bonds is 5. The van der Waals surface area contributed by atoms with E-state index in [1.807, 2.05) is 30.3 Å². The van der Waals surface area contributed by atoms with Crippen molar-refractivity contribution in [1.29, 1.82) is 0 Å². The number of alkyl halides is 3. The Bertz CT molecular complexity index is 610. The van der Waals surface area contributed by atoms with Gasteiger partial charge in [0.1, 0.15) is 5.75 Å². The van der Waals surface area contributed by atoms with E-state index in [0.29, 0.717) is 18.5 Å². The normalized spacial score (nSPS) is 11.0. The molecule has 0 spiro atoms. The van der Waals surface area contributed by atoms with Gasteiger partial charge in [-0.15, -0.1) is 13.2 Å². The van der Waals surface area contributed by atoms with Crippen LogP contribution < -0.4 is 10.1 Å². The van der Waals surface area contributed by atoms with Gasteiger partial charge >= 0.3 is 6.36 Å². The van der Waals surface area contributed by atoms with E-state index in [1.54, 1.807) is 0 Å². The first-order chi connectivity index (χ1) is 10.4. The zero-order valence-electron chi connectivity index (χ0n) is 11.6. The summed E-state index contributed by atoms with van der Waals surface area (Å²) >= 11 is 0. The van der Waals surface area contributed by atoms with Crippen molar-refractivity contribution in [3.05, 3.63) is 60.2 Å². The Balaban J connectivity index is 1.84. The van der Waals surface area contributed by atoms with Gasteiger partial charge < -0.3 is 10.1 Å². The van der Waals surface area contributed by atoms with Crippen molar-refractivity contribution >= 4 is 11.6 Å². The molecule has 2 aromatic rings. The lowest BCUT2D eigenvalue weighted by Crippen LogP contribution is -2.17. The number of hydrogen-bond acceptors (Lipinski definition) is 2. The van der Waals surface area contributed by atoms with Gasteiger partial charge in [0, 0.05) is 12.1 Å². The third kappa shape index (κ3) is 5.47. The van der Waals surface area contributed by atoms with Crippen LogP contribution in [0.1, 0.15) is 12.0 Å². The summed E-state index contributed by atoms with van der Waals surface area (Å²) < 4.78 is 39.8. The van der Waals surface area contributed by atoms with Crippen LogP contribution in [0.25, 0.3) is 0 Å². The van der Waals surface area contributed by atoms with E-state index >= 15 is 0 Å². The largest absolute Gasteiger partial charge is 0.573 e. The second-order valence-electron chi connectivity index (χ2n) is 4.61. The lowest BCUT2D eigenvalue weighted by molar-refractivity contribution is -0.274. The lowest BCUT2D eigenvalue weighted by atomic mass is 10.1. The fourth-order valence-corrected chi connectivity index (χ4v) is 1.87. The maximum Gasteiger partial charge on any atom is 0.573 e. The van der Waals surface area contributed by atoms with Crippen LogP contribution in [0.2, 0.25) is 0 Å². The Morgan fingerprint density at radius 3 is 2.23 bits per heavy atom. The molecule has 0 aliphatic rings. The topological polar surface area (TPSA) is 38.3 Å². The number of carbonyl (C=O) groups is 1. The first-order valence-corrected chi connectivity index (χ1v) is 6.62. The van der Waals surface area contributed by atoms with Gasteiger partial charge in [0.15, 0.2) is 0 Å². The molecular formula is C16H14F3NO2. The zero-order valence-corrected chi connectivity index (χ0v) is 11.6. The van der Waals surface area contributed by atoms with Crippen molar-refractivity contribution in [2.24, 2.45) is 0 Å². The van der Waals surface area contributed by atoms with Crippen LogP contribution in [0.4, 0.5) is 18.9 Å². The minimum atomic E-state index is -4.72. The molecule has 0 saturated heterocycles. The van der Waals surface area contributed by atoms with Crippen LogP contribution in [-0.2, 0) is 11.2 Å². The SMILES string of the molecule is O=C(CCc1ccccc1)Nc1ccc(OC(F)(F)F)cc1. The molecule has 0 unspecified atom stereocenters. The summed E-state index contributed by atoms with van der Waals surface area (Å²) in [6, 6.07) is 14.6. The second-order valence-corrected chi connectivity index (χ2v) is 4.61. The maximum absolute atomic E-state index is 12.0. The molecule has 116 valence electrons. The molecule has 0 radical (unpaired) electrons. The van der Waals surface area contributed by atoms with Crippen molar-refractivity contribution in [2.75, 3.05) is 5.32 Å². The molecule has 0 aliphatic heterocycles. The van der Waals surface area contributed by atoms with E-state index in [1.165, 1.54) is 12.1 Å². The molecule has 22 heavy (non-hydrogen) atoms. The fraction of sp³-hybridized carbons (Fsp3) is 0.188. The van der Waals surface area contributed by atoms with Crippen LogP contribution in [0.15, 0.2) is 54.6 Å². The highest BCUT2D eigenvalue weighted by Gasteiger charge is 2.30. The zero-order chi connectivity index (χ0) is 16.0. The molecule has 2 aromatic carbocycles. The van der Waals surface area contributed by atoms with Gasteiger partial charge in [0.2, 0.25) is 5.91 Å². The van der Waals surface area contributed by atoms with E-state index in [-0.39, 0.29) is 11.7 Å². The van der Waals surface area contributed by atoms with Crippen molar-refractivity contribution in [3.63, 3.8) is 0 Å². The predicted octanol–water partition coefficient (Wildman–Crippen LogP) is 4.16. The Hall–Kier alpha value is -2.50. The maximum atomic E-state index is 12.0. The highest BCUT2D eigenvalue weighted by atomic mass is 19.4. The molecule has 6 heteroatoms. The third-order valence-electron chi connectivity index (χ3n) is 2.86. The van der Waals surface area contributed by atoms with Crippen LogP contribution in [0, 0.1) is 0 Å². The number of benzene rings is 2. The Morgan fingerprint density at radius 1 is 1.00 bits per heavy atom. The molecule has 0 bridgehead atoms. The summed E-state index contributed by atoms with van der Waals surface area (Å²) in [7, 11) is 0. The van der Waals surface area contributed by atoms with Gasteiger partial charge in [-0.25, -0.2) is 0 Å². The number of aryl methyl sites for hydroxylation is 1. The summed E-state index contributed by atoms with van der Waals surface area (Å²) in [5, 5.41) is 2.63. The van der Waals surface area contributed by atoms with E-state index in [2.05, 4.69) is 10.1 Å². The van der Waals surface area contributed by atoms with Crippen LogP contribution >= 0.6 is 0 Å². The monoisotopic (exact) mass is 309 g/mol. The van der Waals surface area contributed by atoms with E-state index in [0.717, 1.165) is 17.7 Å². The standard InChI is InChI=1S/C16H14F3NO2/c17-16(18,19)22-14-9-7-13(8-10-14)20-15(21)11-6-12-4-2-1-3-5-12/h1-5,7-10H,6,11H2,(H,20,21). The van der Waals surface area contributed by atoms with Gasteiger partial charge in [-0.2, -0.15) is 0 Å². The molecule has 0 fully saturated rings. The van der Waals surface area contributed by atoms with Crippen molar-refractivity contribution < 1.29 is 22.7 Å². The Morgan fingerprint density at radius 2 is 1.64 bits per heavy atom. The molecule has 0 heterocycles. The summed E-state index contributed by atoms with van der Waals surface area (Å²) in [4.78, 5) is 11.8. The number of nitrogens with one attached hydrogen (secondary N) is 1. The predicted molar refractivity (Wildman–Crippen MR) is 76.5 cm³/mol. The molecule has 0 saturated carbocycles. The highest BCUT2D eigenvalue weighted by Crippen LogP contribution is 2.24. The Labute approximate surface area is 125 Å². The number of hydrogen-bond donors (Lipinski definition) is 1. The molecule has 0 aliphatic carbocycles. The fourth-order valence-electron chi connectivity index (χ4n) is 1.87. The second kappa shape index (κ2) is 6.98. The molecular weight excluding hydrogens is 295 g/mol. The average Bonchev–Trinajstić information content (AvgIpc) is 2.47. The molecule has 1 N–H and O–H groups in total. The average molecular weight is 309 g/mol. The number of ether oxygens (including phenoxy) is 1. The van der Waals surface area contributed by atoms with Gasteiger partial charge in [0.25, 0.3) is 0 Å². The summed E-state index contributed by atoms with van der Waals surface area (Å²) in [6.07, 6.45) is -3.83. The molecule has 1 amide bonds. The van der Waals surface area contributed by atoms with Crippen molar-refractivity contribution in [3.8, 4) is 5.75 Å².